The van der Waals surface area contributed by atoms with E-state index in [9.17, 15) is 8.78 Å². The van der Waals surface area contributed by atoms with Crippen molar-refractivity contribution in [3.8, 4) is 5.75 Å². The van der Waals surface area contributed by atoms with E-state index in [1.807, 2.05) is 18.2 Å². The molecule has 0 bridgehead atoms. The van der Waals surface area contributed by atoms with E-state index in [1.165, 1.54) is 6.20 Å². The molecule has 0 aliphatic heterocycles. The van der Waals surface area contributed by atoms with Crippen LogP contribution in [0.15, 0.2) is 42.9 Å². The van der Waals surface area contributed by atoms with Crippen LogP contribution >= 0.6 is 11.6 Å². The third-order valence-corrected chi connectivity index (χ3v) is 3.55. The number of rotatable bonds is 5. The van der Waals surface area contributed by atoms with Crippen LogP contribution in [0.3, 0.4) is 0 Å². The minimum atomic E-state index is -3.54. The molecule has 1 atom stereocenters. The van der Waals surface area contributed by atoms with Crippen LogP contribution in [0.4, 0.5) is 8.78 Å². The zero-order valence-electron chi connectivity index (χ0n) is 11.0. The molecule has 1 aromatic carbocycles. The molecular weight excluding hydrogens is 298 g/mol. The van der Waals surface area contributed by atoms with Gasteiger partial charge in [-0.25, -0.2) is 9.97 Å². The zero-order valence-corrected chi connectivity index (χ0v) is 11.8. The van der Waals surface area contributed by atoms with Crippen molar-refractivity contribution in [3.63, 3.8) is 0 Å². The largest absolute Gasteiger partial charge is 0.485 e. The number of alkyl halides is 3. The Hall–Kier alpha value is -1.75. The molecule has 0 N–H and O–H groups in total. The molecule has 110 valence electrons. The molecule has 1 unspecified atom stereocenters. The molecule has 3 nitrogen and oxygen atoms in total. The summed E-state index contributed by atoms with van der Waals surface area (Å²) in [6.45, 7) is 0. The standard InChI is InChI=1S/C15H13ClF2N2O/c16-15(17,18)14-12(8-19-9-20-14)13(10-6-7-10)21-11-4-2-1-3-5-11/h1-5,8-10,13H,6-7H2. The van der Waals surface area contributed by atoms with Gasteiger partial charge < -0.3 is 4.74 Å². The van der Waals surface area contributed by atoms with E-state index >= 15 is 0 Å². The summed E-state index contributed by atoms with van der Waals surface area (Å²) in [5, 5.41) is -3.54. The number of ether oxygens (including phenoxy) is 1. The maximum absolute atomic E-state index is 13.5. The van der Waals surface area contributed by atoms with Gasteiger partial charge in [-0.15, -0.1) is 0 Å². The molecule has 0 saturated heterocycles. The SMILES string of the molecule is FC(F)(Cl)c1ncncc1C(Oc1ccccc1)C1CC1. The Morgan fingerprint density at radius 2 is 1.95 bits per heavy atom. The molecule has 0 spiro atoms. The molecule has 1 heterocycles. The van der Waals surface area contributed by atoms with Crippen molar-refractivity contribution in [1.29, 1.82) is 0 Å². The third-order valence-electron chi connectivity index (χ3n) is 3.37. The summed E-state index contributed by atoms with van der Waals surface area (Å²) >= 11 is 5.16. The molecule has 2 aromatic rings. The summed E-state index contributed by atoms with van der Waals surface area (Å²) in [6, 6.07) is 9.11. The monoisotopic (exact) mass is 310 g/mol. The summed E-state index contributed by atoms with van der Waals surface area (Å²) < 4.78 is 32.9. The van der Waals surface area contributed by atoms with Crippen LogP contribution in [0.2, 0.25) is 0 Å². The van der Waals surface area contributed by atoms with Crippen molar-refractivity contribution in [2.45, 2.75) is 24.3 Å². The van der Waals surface area contributed by atoms with Gasteiger partial charge in [0.2, 0.25) is 0 Å². The van der Waals surface area contributed by atoms with Crippen LogP contribution < -0.4 is 4.74 Å². The maximum Gasteiger partial charge on any atom is 0.365 e. The molecule has 1 saturated carbocycles. The Balaban J connectivity index is 1.95. The fourth-order valence-electron chi connectivity index (χ4n) is 2.24. The summed E-state index contributed by atoms with van der Waals surface area (Å²) in [7, 11) is 0. The molecular formula is C15H13ClF2N2O. The average Bonchev–Trinajstić information content (AvgIpc) is 3.30. The molecule has 6 heteroatoms. The number of hydrogen-bond donors (Lipinski definition) is 0. The highest BCUT2D eigenvalue weighted by atomic mass is 35.5. The third kappa shape index (κ3) is 3.29. The lowest BCUT2D eigenvalue weighted by Gasteiger charge is -2.22. The fourth-order valence-corrected chi connectivity index (χ4v) is 2.40. The molecule has 1 aliphatic carbocycles. The predicted molar refractivity (Wildman–Crippen MR) is 74.3 cm³/mol. The van der Waals surface area contributed by atoms with Crippen LogP contribution in [-0.4, -0.2) is 9.97 Å². The molecule has 1 fully saturated rings. The first-order valence-electron chi connectivity index (χ1n) is 6.64. The Morgan fingerprint density at radius 1 is 1.24 bits per heavy atom. The molecule has 0 amide bonds. The Morgan fingerprint density at radius 3 is 2.57 bits per heavy atom. The Labute approximate surface area is 125 Å². The van der Waals surface area contributed by atoms with E-state index in [2.05, 4.69) is 9.97 Å². The van der Waals surface area contributed by atoms with E-state index in [-0.39, 0.29) is 11.5 Å². The van der Waals surface area contributed by atoms with Crippen LogP contribution in [0.1, 0.15) is 30.2 Å². The van der Waals surface area contributed by atoms with Gasteiger partial charge >= 0.3 is 5.38 Å². The summed E-state index contributed by atoms with van der Waals surface area (Å²) in [5.41, 5.74) is -0.226. The van der Waals surface area contributed by atoms with E-state index < -0.39 is 17.2 Å². The minimum absolute atomic E-state index is 0.189. The van der Waals surface area contributed by atoms with Gasteiger partial charge in [0, 0.05) is 17.7 Å². The fraction of sp³-hybridized carbons (Fsp3) is 0.333. The van der Waals surface area contributed by atoms with Gasteiger partial charge in [0.05, 0.1) is 0 Å². The van der Waals surface area contributed by atoms with Gasteiger partial charge in [-0.3, -0.25) is 0 Å². The molecule has 0 radical (unpaired) electrons. The quantitative estimate of drug-likeness (QED) is 0.773. The summed E-state index contributed by atoms with van der Waals surface area (Å²) in [4.78, 5) is 7.50. The van der Waals surface area contributed by atoms with Gasteiger partial charge in [-0.2, -0.15) is 8.78 Å². The topological polar surface area (TPSA) is 35.0 Å². The van der Waals surface area contributed by atoms with E-state index in [4.69, 9.17) is 16.3 Å². The van der Waals surface area contributed by atoms with Gasteiger partial charge in [-0.1, -0.05) is 18.2 Å². The average molecular weight is 311 g/mol. The number of halogens is 3. The van der Waals surface area contributed by atoms with E-state index in [0.717, 1.165) is 19.2 Å². The lowest BCUT2D eigenvalue weighted by Crippen LogP contribution is -2.18. The number of para-hydroxylation sites is 1. The normalized spacial score (nSPS) is 16.5. The predicted octanol–water partition coefficient (Wildman–Crippen LogP) is 4.29. The molecule has 21 heavy (non-hydrogen) atoms. The van der Waals surface area contributed by atoms with E-state index in [0.29, 0.717) is 5.75 Å². The van der Waals surface area contributed by atoms with Crippen molar-refractivity contribution in [2.24, 2.45) is 5.92 Å². The summed E-state index contributed by atoms with van der Waals surface area (Å²) in [5.74, 6) is 0.816. The van der Waals surface area contributed by atoms with Crippen molar-refractivity contribution in [1.82, 2.24) is 9.97 Å². The Kier molecular flexibility index (Phi) is 3.76. The lowest BCUT2D eigenvalue weighted by molar-refractivity contribution is 0.0826. The molecule has 1 aliphatic rings. The van der Waals surface area contributed by atoms with Crippen molar-refractivity contribution >= 4 is 11.6 Å². The Bertz CT molecular complexity index is 615. The van der Waals surface area contributed by atoms with Crippen molar-refractivity contribution < 1.29 is 13.5 Å². The van der Waals surface area contributed by atoms with Crippen LogP contribution in [0.25, 0.3) is 0 Å². The number of nitrogens with zero attached hydrogens (tertiary/aromatic N) is 2. The van der Waals surface area contributed by atoms with Crippen LogP contribution in [0.5, 0.6) is 5.75 Å². The van der Waals surface area contributed by atoms with Gasteiger partial charge in [-0.05, 0) is 36.6 Å². The summed E-state index contributed by atoms with van der Waals surface area (Å²) in [6.07, 6.45) is 3.79. The lowest BCUT2D eigenvalue weighted by atomic mass is 10.0. The first kappa shape index (κ1) is 14.2. The number of aromatic nitrogens is 2. The zero-order chi connectivity index (χ0) is 14.9. The molecule has 3 rings (SSSR count). The van der Waals surface area contributed by atoms with Gasteiger partial charge in [0.15, 0.2) is 0 Å². The highest BCUT2D eigenvalue weighted by Gasteiger charge is 2.41. The van der Waals surface area contributed by atoms with Crippen molar-refractivity contribution in [3.05, 3.63) is 54.1 Å². The van der Waals surface area contributed by atoms with Gasteiger partial charge in [0.25, 0.3) is 0 Å². The highest BCUT2D eigenvalue weighted by Crippen LogP contribution is 2.46. The number of hydrogen-bond acceptors (Lipinski definition) is 3. The highest BCUT2D eigenvalue weighted by molar-refractivity contribution is 6.21. The van der Waals surface area contributed by atoms with Crippen molar-refractivity contribution in [2.75, 3.05) is 0 Å². The number of benzene rings is 1. The second-order valence-corrected chi connectivity index (χ2v) is 5.49. The van der Waals surface area contributed by atoms with Crippen LogP contribution in [0, 0.1) is 5.92 Å². The minimum Gasteiger partial charge on any atom is -0.485 e. The van der Waals surface area contributed by atoms with E-state index in [1.54, 1.807) is 12.1 Å². The van der Waals surface area contributed by atoms with Gasteiger partial charge in [0.1, 0.15) is 23.9 Å². The smallest absolute Gasteiger partial charge is 0.365 e. The second-order valence-electron chi connectivity index (χ2n) is 5.01. The molecule has 1 aromatic heterocycles. The first-order valence-corrected chi connectivity index (χ1v) is 7.02. The van der Waals surface area contributed by atoms with Crippen LogP contribution in [-0.2, 0) is 5.38 Å². The first-order chi connectivity index (χ1) is 10.1. The second kappa shape index (κ2) is 5.56. The maximum atomic E-state index is 13.5.